The first-order valence-electron chi connectivity index (χ1n) is 7.60. The van der Waals surface area contributed by atoms with E-state index in [0.717, 1.165) is 37.8 Å². The minimum Gasteiger partial charge on any atom is -0.376 e. The molecule has 1 aromatic rings. The van der Waals surface area contributed by atoms with Crippen LogP contribution in [0.5, 0.6) is 0 Å². The lowest BCUT2D eigenvalue weighted by Crippen LogP contribution is -2.12. The zero-order valence-corrected chi connectivity index (χ0v) is 13.8. The standard InChI is InChI=1S/C16H23F4NS/c1-3-5-6-7-13(4-2)22-11-21-15-9-8-12(17)10-14(15)16(18,19)20/h8-10,13,21H,3-7,11H2,1-2H3/t13-/m0/s1. The van der Waals surface area contributed by atoms with Gasteiger partial charge in [0.2, 0.25) is 0 Å². The normalized spacial score (nSPS) is 13.2. The summed E-state index contributed by atoms with van der Waals surface area (Å²) in [6.45, 7) is 4.23. The number of halogens is 4. The van der Waals surface area contributed by atoms with Crippen LogP contribution in [-0.4, -0.2) is 11.1 Å². The van der Waals surface area contributed by atoms with Gasteiger partial charge in [-0.2, -0.15) is 13.2 Å². The number of thioether (sulfide) groups is 1. The fourth-order valence-electron chi connectivity index (χ4n) is 2.17. The average Bonchev–Trinajstić information content (AvgIpc) is 2.46. The maximum absolute atomic E-state index is 13.0. The van der Waals surface area contributed by atoms with E-state index >= 15 is 0 Å². The first kappa shape index (κ1) is 19.1. The summed E-state index contributed by atoms with van der Waals surface area (Å²) in [7, 11) is 0. The molecule has 1 N–H and O–H groups in total. The summed E-state index contributed by atoms with van der Waals surface area (Å²) in [6, 6.07) is 2.73. The van der Waals surface area contributed by atoms with Gasteiger partial charge in [0, 0.05) is 10.9 Å². The lowest BCUT2D eigenvalue weighted by atomic mass is 10.1. The number of unbranched alkanes of at least 4 members (excludes halogenated alkanes) is 2. The average molecular weight is 337 g/mol. The van der Waals surface area contributed by atoms with Gasteiger partial charge in [-0.3, -0.25) is 0 Å². The highest BCUT2D eigenvalue weighted by molar-refractivity contribution is 7.99. The van der Waals surface area contributed by atoms with Crippen LogP contribution in [0.4, 0.5) is 23.2 Å². The molecule has 0 aliphatic carbocycles. The molecule has 22 heavy (non-hydrogen) atoms. The first-order valence-corrected chi connectivity index (χ1v) is 8.65. The summed E-state index contributed by atoms with van der Waals surface area (Å²) in [5.41, 5.74) is -1.02. The summed E-state index contributed by atoms with van der Waals surface area (Å²) in [5.74, 6) is -0.490. The van der Waals surface area contributed by atoms with E-state index in [-0.39, 0.29) is 5.69 Å². The minimum absolute atomic E-state index is 0.0650. The van der Waals surface area contributed by atoms with E-state index < -0.39 is 17.6 Å². The van der Waals surface area contributed by atoms with Gasteiger partial charge in [0.15, 0.2) is 0 Å². The summed E-state index contributed by atoms with van der Waals surface area (Å²) < 4.78 is 51.6. The number of anilines is 1. The summed E-state index contributed by atoms with van der Waals surface area (Å²) in [5, 5.41) is 3.22. The van der Waals surface area contributed by atoms with Gasteiger partial charge in [-0.05, 0) is 31.0 Å². The number of nitrogens with one attached hydrogen (secondary N) is 1. The monoisotopic (exact) mass is 337 g/mol. The Kier molecular flexibility index (Phi) is 8.07. The lowest BCUT2D eigenvalue weighted by Gasteiger charge is -2.17. The van der Waals surface area contributed by atoms with E-state index in [1.165, 1.54) is 6.42 Å². The van der Waals surface area contributed by atoms with Crippen LogP contribution in [0.1, 0.15) is 51.5 Å². The molecule has 0 heterocycles. The van der Waals surface area contributed by atoms with Crippen LogP contribution in [0, 0.1) is 5.82 Å². The zero-order chi connectivity index (χ0) is 16.6. The Morgan fingerprint density at radius 1 is 1.18 bits per heavy atom. The Hall–Kier alpha value is -0.910. The first-order chi connectivity index (χ1) is 10.4. The third-order valence-corrected chi connectivity index (χ3v) is 4.81. The molecule has 0 aliphatic heterocycles. The molecule has 1 atom stereocenters. The molecule has 0 saturated heterocycles. The topological polar surface area (TPSA) is 12.0 Å². The summed E-state index contributed by atoms with van der Waals surface area (Å²) in [6.07, 6.45) is 0.995. The molecule has 0 bridgehead atoms. The largest absolute Gasteiger partial charge is 0.418 e. The number of rotatable bonds is 9. The van der Waals surface area contributed by atoms with Crippen LogP contribution in [0.2, 0.25) is 0 Å². The summed E-state index contributed by atoms with van der Waals surface area (Å²) >= 11 is 1.62. The fourth-order valence-corrected chi connectivity index (χ4v) is 3.21. The molecule has 1 rings (SSSR count). The molecule has 0 fully saturated rings. The Morgan fingerprint density at radius 3 is 2.50 bits per heavy atom. The molecule has 1 nitrogen and oxygen atoms in total. The molecular weight excluding hydrogens is 314 g/mol. The molecule has 6 heteroatoms. The minimum atomic E-state index is -4.56. The van der Waals surface area contributed by atoms with Gasteiger partial charge in [0.05, 0.1) is 11.4 Å². The predicted octanol–water partition coefficient (Wildman–Crippen LogP) is 6.31. The van der Waals surface area contributed by atoms with E-state index in [2.05, 4.69) is 19.2 Å². The van der Waals surface area contributed by atoms with Crippen LogP contribution in [0.15, 0.2) is 18.2 Å². The highest BCUT2D eigenvalue weighted by Crippen LogP contribution is 2.35. The second-order valence-corrected chi connectivity index (χ2v) is 6.49. The van der Waals surface area contributed by atoms with Crippen molar-refractivity contribution in [2.45, 2.75) is 57.4 Å². The van der Waals surface area contributed by atoms with Crippen molar-refractivity contribution in [1.82, 2.24) is 0 Å². The van der Waals surface area contributed by atoms with Gasteiger partial charge in [-0.25, -0.2) is 4.39 Å². The van der Waals surface area contributed by atoms with Gasteiger partial charge in [0.1, 0.15) is 5.82 Å². The fraction of sp³-hybridized carbons (Fsp3) is 0.625. The smallest absolute Gasteiger partial charge is 0.376 e. The zero-order valence-electron chi connectivity index (χ0n) is 13.0. The van der Waals surface area contributed by atoms with Gasteiger partial charge in [-0.15, -0.1) is 11.8 Å². The van der Waals surface area contributed by atoms with Crippen molar-refractivity contribution >= 4 is 17.4 Å². The van der Waals surface area contributed by atoms with Crippen molar-refractivity contribution in [1.29, 1.82) is 0 Å². The second kappa shape index (κ2) is 9.28. The highest BCUT2D eigenvalue weighted by atomic mass is 32.2. The number of hydrogen-bond acceptors (Lipinski definition) is 2. The van der Waals surface area contributed by atoms with E-state index in [0.29, 0.717) is 17.2 Å². The van der Waals surface area contributed by atoms with E-state index in [1.807, 2.05) is 0 Å². The van der Waals surface area contributed by atoms with Crippen LogP contribution < -0.4 is 5.32 Å². The van der Waals surface area contributed by atoms with E-state index in [1.54, 1.807) is 11.8 Å². The number of alkyl halides is 3. The van der Waals surface area contributed by atoms with Gasteiger partial charge < -0.3 is 5.32 Å². The van der Waals surface area contributed by atoms with Crippen LogP contribution in [-0.2, 0) is 6.18 Å². The molecule has 0 amide bonds. The van der Waals surface area contributed by atoms with Gasteiger partial charge in [-0.1, -0.05) is 33.1 Å². The molecule has 0 spiro atoms. The third kappa shape index (κ3) is 6.46. The van der Waals surface area contributed by atoms with Gasteiger partial charge in [0.25, 0.3) is 0 Å². The van der Waals surface area contributed by atoms with Crippen LogP contribution in [0.25, 0.3) is 0 Å². The predicted molar refractivity (Wildman–Crippen MR) is 85.7 cm³/mol. The van der Waals surface area contributed by atoms with E-state index in [4.69, 9.17) is 0 Å². The molecule has 0 aromatic heterocycles. The SMILES string of the molecule is CCCCC[C@H](CC)SCNc1ccc(F)cc1C(F)(F)F. The third-order valence-electron chi connectivity index (χ3n) is 3.45. The van der Waals surface area contributed by atoms with Crippen molar-refractivity contribution in [3.05, 3.63) is 29.6 Å². The Balaban J connectivity index is 2.57. The van der Waals surface area contributed by atoms with Gasteiger partial charge >= 0.3 is 6.18 Å². The maximum Gasteiger partial charge on any atom is 0.418 e. The Bertz CT molecular complexity index is 448. The van der Waals surface area contributed by atoms with Crippen molar-refractivity contribution in [3.63, 3.8) is 0 Å². The van der Waals surface area contributed by atoms with Crippen LogP contribution >= 0.6 is 11.8 Å². The van der Waals surface area contributed by atoms with Crippen molar-refractivity contribution in [2.75, 3.05) is 11.2 Å². The number of hydrogen-bond donors (Lipinski definition) is 1. The van der Waals surface area contributed by atoms with E-state index in [9.17, 15) is 17.6 Å². The number of benzene rings is 1. The quantitative estimate of drug-likeness (QED) is 0.322. The molecule has 126 valence electrons. The van der Waals surface area contributed by atoms with Crippen molar-refractivity contribution < 1.29 is 17.6 Å². The molecule has 0 radical (unpaired) electrons. The van der Waals surface area contributed by atoms with Crippen LogP contribution in [0.3, 0.4) is 0 Å². The summed E-state index contributed by atoms with van der Waals surface area (Å²) in [4.78, 5) is 0. The van der Waals surface area contributed by atoms with Crippen molar-refractivity contribution in [2.24, 2.45) is 0 Å². The Morgan fingerprint density at radius 2 is 1.91 bits per heavy atom. The molecular formula is C16H23F4NS. The maximum atomic E-state index is 13.0. The second-order valence-electron chi connectivity index (χ2n) is 5.20. The molecule has 0 aliphatic rings. The highest BCUT2D eigenvalue weighted by Gasteiger charge is 2.33. The molecule has 0 saturated carbocycles. The van der Waals surface area contributed by atoms with Crippen molar-refractivity contribution in [3.8, 4) is 0 Å². The molecule has 0 unspecified atom stereocenters. The lowest BCUT2D eigenvalue weighted by molar-refractivity contribution is -0.137. The Labute approximate surface area is 133 Å². The molecule has 1 aromatic carbocycles.